The molecule has 0 atom stereocenters. The minimum Gasteiger partial charge on any atom is -0.385 e. The van der Waals surface area contributed by atoms with Gasteiger partial charge in [-0.05, 0) is 47.1 Å². The lowest BCUT2D eigenvalue weighted by atomic mass is 9.86. The van der Waals surface area contributed by atoms with Gasteiger partial charge < -0.3 is 5.11 Å². The molecular formula is C17H18OS. The third-order valence-corrected chi connectivity index (χ3v) is 4.81. The molecule has 2 aromatic carbocycles. The number of hydrogen-bond acceptors (Lipinski definition) is 2. The van der Waals surface area contributed by atoms with E-state index >= 15 is 0 Å². The van der Waals surface area contributed by atoms with Crippen molar-refractivity contribution in [2.24, 2.45) is 0 Å². The van der Waals surface area contributed by atoms with Gasteiger partial charge in [0.05, 0.1) is 5.60 Å². The summed E-state index contributed by atoms with van der Waals surface area (Å²) in [5.41, 5.74) is 2.83. The van der Waals surface area contributed by atoms with Crippen LogP contribution in [0, 0.1) is 0 Å². The molecule has 0 amide bonds. The molecule has 1 N–H and O–H groups in total. The molecule has 0 aliphatic carbocycles. The molecule has 1 nitrogen and oxygen atoms in total. The lowest BCUT2D eigenvalue weighted by Gasteiger charge is -2.32. The Labute approximate surface area is 118 Å². The lowest BCUT2D eigenvalue weighted by molar-refractivity contribution is 0.0281. The molecule has 0 saturated carbocycles. The van der Waals surface area contributed by atoms with Gasteiger partial charge in [0, 0.05) is 0 Å². The Morgan fingerprint density at radius 1 is 0.842 bits per heavy atom. The van der Waals surface area contributed by atoms with Crippen LogP contribution >= 0.6 is 11.8 Å². The van der Waals surface area contributed by atoms with Crippen LogP contribution in [0.25, 0.3) is 11.1 Å². The first-order valence-corrected chi connectivity index (χ1v) is 7.89. The number of hydrogen-bond donors (Lipinski definition) is 1. The number of thioether (sulfide) groups is 1. The smallest absolute Gasteiger partial charge is 0.0912 e. The molecule has 19 heavy (non-hydrogen) atoms. The third-order valence-electron chi connectivity index (χ3n) is 3.83. The summed E-state index contributed by atoms with van der Waals surface area (Å²) in [5.74, 6) is 2.10. The van der Waals surface area contributed by atoms with E-state index in [1.165, 1.54) is 11.1 Å². The van der Waals surface area contributed by atoms with Gasteiger partial charge in [0.2, 0.25) is 0 Å². The Bertz CT molecular complexity index is 544. The van der Waals surface area contributed by atoms with E-state index in [9.17, 15) is 5.11 Å². The fraction of sp³-hybridized carbons (Fsp3) is 0.294. The van der Waals surface area contributed by atoms with Gasteiger partial charge in [-0.15, -0.1) is 0 Å². The molecule has 1 heterocycles. The monoisotopic (exact) mass is 270 g/mol. The van der Waals surface area contributed by atoms with Gasteiger partial charge in [0.15, 0.2) is 0 Å². The van der Waals surface area contributed by atoms with E-state index < -0.39 is 5.60 Å². The Kier molecular flexibility index (Phi) is 3.63. The molecule has 1 aliphatic rings. The predicted molar refractivity (Wildman–Crippen MR) is 82.3 cm³/mol. The average Bonchev–Trinajstić information content (AvgIpc) is 2.49. The van der Waals surface area contributed by atoms with E-state index in [0.29, 0.717) is 0 Å². The highest BCUT2D eigenvalue weighted by atomic mass is 32.2. The summed E-state index contributed by atoms with van der Waals surface area (Å²) < 4.78 is 0. The summed E-state index contributed by atoms with van der Waals surface area (Å²) in [6, 6.07) is 18.7. The van der Waals surface area contributed by atoms with Gasteiger partial charge in [-0.3, -0.25) is 0 Å². The molecule has 2 aromatic rings. The topological polar surface area (TPSA) is 20.2 Å². The highest BCUT2D eigenvalue weighted by Gasteiger charge is 2.31. The number of aliphatic hydroxyl groups is 1. The van der Waals surface area contributed by atoms with Crippen LogP contribution in [0.1, 0.15) is 18.4 Å². The molecule has 1 aliphatic heterocycles. The van der Waals surface area contributed by atoms with E-state index in [1.54, 1.807) is 0 Å². The standard InChI is InChI=1S/C17H18OS/c18-17(9-11-19-12-10-17)16-8-4-7-15(13-16)14-5-2-1-3-6-14/h1-8,13,18H,9-12H2. The van der Waals surface area contributed by atoms with Crippen molar-refractivity contribution in [1.82, 2.24) is 0 Å². The van der Waals surface area contributed by atoms with Gasteiger partial charge >= 0.3 is 0 Å². The minimum absolute atomic E-state index is 0.629. The first-order valence-electron chi connectivity index (χ1n) is 6.74. The van der Waals surface area contributed by atoms with Crippen molar-refractivity contribution in [3.05, 3.63) is 60.2 Å². The lowest BCUT2D eigenvalue weighted by Crippen LogP contribution is -2.30. The Morgan fingerprint density at radius 3 is 2.26 bits per heavy atom. The van der Waals surface area contributed by atoms with Crippen LogP contribution in [0.4, 0.5) is 0 Å². The molecule has 2 heteroatoms. The van der Waals surface area contributed by atoms with Crippen LogP contribution in [-0.2, 0) is 5.60 Å². The Hall–Kier alpha value is -1.25. The van der Waals surface area contributed by atoms with Gasteiger partial charge in [0.1, 0.15) is 0 Å². The molecule has 0 bridgehead atoms. The van der Waals surface area contributed by atoms with E-state index in [1.807, 2.05) is 30.0 Å². The van der Waals surface area contributed by atoms with Crippen molar-refractivity contribution >= 4 is 11.8 Å². The van der Waals surface area contributed by atoms with Crippen LogP contribution in [0.2, 0.25) is 0 Å². The van der Waals surface area contributed by atoms with Gasteiger partial charge in [-0.2, -0.15) is 11.8 Å². The normalized spacial score (nSPS) is 18.2. The first kappa shape index (κ1) is 12.8. The van der Waals surface area contributed by atoms with Gasteiger partial charge in [-0.25, -0.2) is 0 Å². The second-order valence-electron chi connectivity index (χ2n) is 5.09. The fourth-order valence-corrected chi connectivity index (χ4v) is 3.78. The maximum absolute atomic E-state index is 10.8. The minimum atomic E-state index is -0.629. The second kappa shape index (κ2) is 5.40. The summed E-state index contributed by atoms with van der Waals surface area (Å²) in [7, 11) is 0. The highest BCUT2D eigenvalue weighted by molar-refractivity contribution is 7.99. The SMILES string of the molecule is OC1(c2cccc(-c3ccccc3)c2)CCSCC1. The molecule has 0 spiro atoms. The second-order valence-corrected chi connectivity index (χ2v) is 6.32. The third kappa shape index (κ3) is 2.70. The van der Waals surface area contributed by atoms with Gasteiger partial charge in [-0.1, -0.05) is 48.5 Å². The maximum Gasteiger partial charge on any atom is 0.0912 e. The quantitative estimate of drug-likeness (QED) is 0.887. The van der Waals surface area contributed by atoms with Crippen molar-refractivity contribution in [2.45, 2.75) is 18.4 Å². The summed E-state index contributed by atoms with van der Waals surface area (Å²) in [5, 5.41) is 10.8. The van der Waals surface area contributed by atoms with Crippen LogP contribution in [0.5, 0.6) is 0 Å². The van der Waals surface area contributed by atoms with E-state index in [-0.39, 0.29) is 0 Å². The maximum atomic E-state index is 10.8. The average molecular weight is 270 g/mol. The molecule has 98 valence electrons. The van der Waals surface area contributed by atoms with E-state index in [0.717, 1.165) is 29.9 Å². The van der Waals surface area contributed by atoms with Gasteiger partial charge in [0.25, 0.3) is 0 Å². The summed E-state index contributed by atoms with van der Waals surface area (Å²) in [4.78, 5) is 0. The molecule has 1 fully saturated rings. The van der Waals surface area contributed by atoms with Crippen molar-refractivity contribution in [2.75, 3.05) is 11.5 Å². The van der Waals surface area contributed by atoms with Crippen molar-refractivity contribution in [3.63, 3.8) is 0 Å². The number of benzene rings is 2. The zero-order chi connectivity index (χ0) is 13.1. The van der Waals surface area contributed by atoms with Crippen LogP contribution in [-0.4, -0.2) is 16.6 Å². The summed E-state index contributed by atoms with van der Waals surface area (Å²) in [6.45, 7) is 0. The van der Waals surface area contributed by atoms with Crippen molar-refractivity contribution < 1.29 is 5.11 Å². The van der Waals surface area contributed by atoms with E-state index in [4.69, 9.17) is 0 Å². The fourth-order valence-electron chi connectivity index (χ4n) is 2.62. The Balaban J connectivity index is 1.96. The predicted octanol–water partition coefficient (Wildman–Crippen LogP) is 4.07. The largest absolute Gasteiger partial charge is 0.385 e. The zero-order valence-corrected chi connectivity index (χ0v) is 11.7. The van der Waals surface area contributed by atoms with Crippen LogP contribution < -0.4 is 0 Å². The number of rotatable bonds is 2. The highest BCUT2D eigenvalue weighted by Crippen LogP contribution is 2.37. The molecule has 0 aromatic heterocycles. The molecule has 0 radical (unpaired) electrons. The Morgan fingerprint density at radius 2 is 1.53 bits per heavy atom. The molecular weight excluding hydrogens is 252 g/mol. The molecule has 0 unspecified atom stereocenters. The van der Waals surface area contributed by atoms with E-state index in [2.05, 4.69) is 36.4 Å². The summed E-state index contributed by atoms with van der Waals surface area (Å²) >= 11 is 1.93. The zero-order valence-electron chi connectivity index (χ0n) is 10.9. The van der Waals surface area contributed by atoms with Crippen LogP contribution in [0.15, 0.2) is 54.6 Å². The summed E-state index contributed by atoms with van der Waals surface area (Å²) in [6.07, 6.45) is 1.71. The van der Waals surface area contributed by atoms with Crippen molar-refractivity contribution in [1.29, 1.82) is 0 Å². The van der Waals surface area contributed by atoms with Crippen molar-refractivity contribution in [3.8, 4) is 11.1 Å². The van der Waals surface area contributed by atoms with Crippen LogP contribution in [0.3, 0.4) is 0 Å². The first-order chi connectivity index (χ1) is 9.28. The molecule has 3 rings (SSSR count). The molecule has 1 saturated heterocycles.